The number of nitrogens with one attached hydrogen (secondary N) is 2. The van der Waals surface area contributed by atoms with E-state index >= 15 is 0 Å². The molecule has 0 bridgehead atoms. The standard InChI is InChI=1S/C22H21ClFN7O2/c1-3-33-21(32)14-8-13(10-27-11-14)16-12-29-22(30-15-4-5-18(24)17(23)9-15)31-20(16)28-7-6-19(25)26-2/h4-12H,3H2,1-2H3,(H2,25,26)(H2,28,29,30,31)/b7-6-. The number of amidine groups is 1. The molecule has 0 atom stereocenters. The van der Waals surface area contributed by atoms with Gasteiger partial charge in [-0.25, -0.2) is 14.2 Å². The van der Waals surface area contributed by atoms with Crippen LogP contribution in [0.15, 0.2) is 60.1 Å². The smallest absolute Gasteiger partial charge is 0.339 e. The molecule has 3 rings (SSSR count). The van der Waals surface area contributed by atoms with E-state index in [2.05, 4.69) is 30.6 Å². The molecular formula is C22H21ClFN7O2. The number of aromatic nitrogens is 3. The van der Waals surface area contributed by atoms with Gasteiger partial charge < -0.3 is 21.1 Å². The summed E-state index contributed by atoms with van der Waals surface area (Å²) in [5.41, 5.74) is 7.65. The molecule has 33 heavy (non-hydrogen) atoms. The number of anilines is 3. The molecule has 1 aromatic carbocycles. The van der Waals surface area contributed by atoms with Gasteiger partial charge in [0.05, 0.1) is 17.2 Å². The zero-order chi connectivity index (χ0) is 23.8. The van der Waals surface area contributed by atoms with Gasteiger partial charge in [-0.3, -0.25) is 9.98 Å². The number of nitrogens with zero attached hydrogens (tertiary/aromatic N) is 4. The van der Waals surface area contributed by atoms with Gasteiger partial charge in [-0.1, -0.05) is 11.6 Å². The maximum Gasteiger partial charge on any atom is 0.339 e. The molecule has 0 aliphatic rings. The van der Waals surface area contributed by atoms with Crippen molar-refractivity contribution in [3.63, 3.8) is 0 Å². The van der Waals surface area contributed by atoms with Crippen LogP contribution in [-0.2, 0) is 4.74 Å². The number of ether oxygens (including phenoxy) is 1. The number of nitrogens with two attached hydrogens (primary N) is 1. The Hall–Kier alpha value is -4.05. The molecular weight excluding hydrogens is 449 g/mol. The topological polar surface area (TPSA) is 127 Å². The molecule has 2 aromatic heterocycles. The van der Waals surface area contributed by atoms with Gasteiger partial charge in [0.15, 0.2) is 0 Å². The SMILES string of the molecule is CCOC(=O)c1cncc(-c2cnc(Nc3ccc(F)c(Cl)c3)nc2N/C=C\C(N)=NC)c1. The van der Waals surface area contributed by atoms with Gasteiger partial charge in [0.2, 0.25) is 5.95 Å². The highest BCUT2D eigenvalue weighted by atomic mass is 35.5. The van der Waals surface area contributed by atoms with Gasteiger partial charge in [0, 0.05) is 48.7 Å². The monoisotopic (exact) mass is 469 g/mol. The summed E-state index contributed by atoms with van der Waals surface area (Å²) >= 11 is 5.85. The van der Waals surface area contributed by atoms with Crippen LogP contribution in [0.2, 0.25) is 5.02 Å². The predicted molar refractivity (Wildman–Crippen MR) is 126 cm³/mol. The summed E-state index contributed by atoms with van der Waals surface area (Å²) in [5.74, 6) is -0.0910. The number of carbonyl (C=O) groups is 1. The zero-order valence-electron chi connectivity index (χ0n) is 17.8. The molecule has 2 heterocycles. The van der Waals surface area contributed by atoms with Gasteiger partial charge in [0.25, 0.3) is 0 Å². The van der Waals surface area contributed by atoms with Crippen molar-refractivity contribution in [1.29, 1.82) is 0 Å². The van der Waals surface area contributed by atoms with E-state index in [0.29, 0.717) is 34.0 Å². The van der Waals surface area contributed by atoms with Crippen molar-refractivity contribution in [2.24, 2.45) is 10.7 Å². The van der Waals surface area contributed by atoms with E-state index in [0.717, 1.165) is 0 Å². The first-order chi connectivity index (χ1) is 15.9. The molecule has 0 aliphatic carbocycles. The molecule has 0 aliphatic heterocycles. The van der Waals surface area contributed by atoms with Crippen LogP contribution in [0.1, 0.15) is 17.3 Å². The summed E-state index contributed by atoms with van der Waals surface area (Å²) in [6, 6.07) is 5.80. The van der Waals surface area contributed by atoms with Gasteiger partial charge in [0.1, 0.15) is 17.5 Å². The number of esters is 1. The minimum absolute atomic E-state index is 0.0333. The Morgan fingerprint density at radius 3 is 2.85 bits per heavy atom. The second-order valence-electron chi connectivity index (χ2n) is 6.52. The lowest BCUT2D eigenvalue weighted by Crippen LogP contribution is -2.08. The van der Waals surface area contributed by atoms with Crippen LogP contribution in [0.25, 0.3) is 11.1 Å². The van der Waals surface area contributed by atoms with E-state index in [1.807, 2.05) is 0 Å². The van der Waals surface area contributed by atoms with Crippen LogP contribution >= 0.6 is 11.6 Å². The van der Waals surface area contributed by atoms with Crippen molar-refractivity contribution in [2.75, 3.05) is 24.3 Å². The first kappa shape index (κ1) is 23.6. The fourth-order valence-electron chi connectivity index (χ4n) is 2.66. The average molecular weight is 470 g/mol. The van der Waals surface area contributed by atoms with E-state index in [4.69, 9.17) is 22.1 Å². The van der Waals surface area contributed by atoms with Crippen LogP contribution < -0.4 is 16.4 Å². The average Bonchev–Trinajstić information content (AvgIpc) is 2.82. The van der Waals surface area contributed by atoms with Crippen LogP contribution in [0.3, 0.4) is 0 Å². The summed E-state index contributed by atoms with van der Waals surface area (Å²) in [4.78, 5) is 28.9. The van der Waals surface area contributed by atoms with E-state index in [1.54, 1.807) is 44.7 Å². The summed E-state index contributed by atoms with van der Waals surface area (Å²) < 4.78 is 18.5. The van der Waals surface area contributed by atoms with Crippen molar-refractivity contribution >= 4 is 40.9 Å². The lowest BCUT2D eigenvalue weighted by molar-refractivity contribution is 0.0526. The third-order valence-electron chi connectivity index (χ3n) is 4.26. The van der Waals surface area contributed by atoms with Crippen molar-refractivity contribution in [1.82, 2.24) is 15.0 Å². The molecule has 9 nitrogen and oxygen atoms in total. The highest BCUT2D eigenvalue weighted by Gasteiger charge is 2.14. The molecule has 170 valence electrons. The minimum atomic E-state index is -0.532. The molecule has 3 aromatic rings. The first-order valence-corrected chi connectivity index (χ1v) is 10.2. The van der Waals surface area contributed by atoms with Gasteiger partial charge in [-0.2, -0.15) is 4.98 Å². The number of hydrogen-bond donors (Lipinski definition) is 3. The van der Waals surface area contributed by atoms with Gasteiger partial charge in [-0.05, 0) is 37.3 Å². The number of aliphatic imine (C=N–C) groups is 1. The highest BCUT2D eigenvalue weighted by molar-refractivity contribution is 6.31. The summed E-state index contributed by atoms with van der Waals surface area (Å²) in [6.07, 6.45) is 7.67. The molecule has 0 radical (unpaired) electrons. The van der Waals surface area contributed by atoms with Crippen LogP contribution in [0.5, 0.6) is 0 Å². The second-order valence-corrected chi connectivity index (χ2v) is 6.93. The Morgan fingerprint density at radius 2 is 2.12 bits per heavy atom. The molecule has 11 heteroatoms. The highest BCUT2D eigenvalue weighted by Crippen LogP contribution is 2.28. The molecule has 4 N–H and O–H groups in total. The molecule has 0 saturated carbocycles. The Morgan fingerprint density at radius 1 is 1.30 bits per heavy atom. The second kappa shape index (κ2) is 11.0. The molecule has 0 saturated heterocycles. The van der Waals surface area contributed by atoms with Crippen LogP contribution in [0.4, 0.5) is 21.8 Å². The van der Waals surface area contributed by atoms with Gasteiger partial charge >= 0.3 is 5.97 Å². The molecule has 0 unspecified atom stereocenters. The molecule has 0 fully saturated rings. The zero-order valence-corrected chi connectivity index (χ0v) is 18.6. The van der Waals surface area contributed by atoms with E-state index in [-0.39, 0.29) is 17.6 Å². The Labute approximate surface area is 194 Å². The lowest BCUT2D eigenvalue weighted by atomic mass is 10.1. The van der Waals surface area contributed by atoms with E-state index < -0.39 is 11.8 Å². The van der Waals surface area contributed by atoms with E-state index in [1.165, 1.54) is 24.4 Å². The summed E-state index contributed by atoms with van der Waals surface area (Å²) in [7, 11) is 1.57. The summed E-state index contributed by atoms with van der Waals surface area (Å²) in [6.45, 7) is 1.97. The van der Waals surface area contributed by atoms with Crippen molar-refractivity contribution < 1.29 is 13.9 Å². The number of rotatable bonds is 8. The maximum absolute atomic E-state index is 13.4. The fourth-order valence-corrected chi connectivity index (χ4v) is 2.84. The number of halogens is 2. The number of pyridine rings is 1. The quantitative estimate of drug-likeness (QED) is 0.255. The Kier molecular flexibility index (Phi) is 7.87. The largest absolute Gasteiger partial charge is 0.462 e. The minimum Gasteiger partial charge on any atom is -0.462 e. The molecule has 0 spiro atoms. The van der Waals surface area contributed by atoms with E-state index in [9.17, 15) is 9.18 Å². The predicted octanol–water partition coefficient (Wildman–Crippen LogP) is 4.16. The number of carbonyl (C=O) groups excluding carboxylic acids is 1. The lowest BCUT2D eigenvalue weighted by Gasteiger charge is -2.12. The third kappa shape index (κ3) is 6.23. The Bertz CT molecular complexity index is 1220. The Balaban J connectivity index is 1.98. The maximum atomic E-state index is 13.4. The van der Waals surface area contributed by atoms with Crippen molar-refractivity contribution in [2.45, 2.75) is 6.92 Å². The van der Waals surface area contributed by atoms with Crippen LogP contribution in [0, 0.1) is 5.82 Å². The normalized spacial score (nSPS) is 11.5. The third-order valence-corrected chi connectivity index (χ3v) is 4.55. The fraction of sp³-hybridized carbons (Fsp3) is 0.136. The number of hydrogen-bond acceptors (Lipinski definition) is 8. The van der Waals surface area contributed by atoms with Gasteiger partial charge in [-0.15, -0.1) is 0 Å². The van der Waals surface area contributed by atoms with Crippen molar-refractivity contribution in [3.8, 4) is 11.1 Å². The van der Waals surface area contributed by atoms with Crippen molar-refractivity contribution in [3.05, 3.63) is 71.5 Å². The molecule has 0 amide bonds. The summed E-state index contributed by atoms with van der Waals surface area (Å²) in [5, 5.41) is 5.97. The number of benzene rings is 1. The first-order valence-electron chi connectivity index (χ1n) is 9.78. The van der Waals surface area contributed by atoms with Crippen LogP contribution in [-0.4, -0.2) is 40.4 Å².